The second-order valence-electron chi connectivity index (χ2n) is 12.1. The summed E-state index contributed by atoms with van der Waals surface area (Å²) in [5.41, 5.74) is 6.04. The Morgan fingerprint density at radius 1 is 1.22 bits per heavy atom. The molecule has 1 aliphatic carbocycles. The van der Waals surface area contributed by atoms with Crippen LogP contribution in [0.5, 0.6) is 0 Å². The average Bonchev–Trinajstić information content (AvgIpc) is 3.31. The van der Waals surface area contributed by atoms with Crippen molar-refractivity contribution in [1.82, 2.24) is 25.1 Å². The van der Waals surface area contributed by atoms with E-state index in [2.05, 4.69) is 15.6 Å². The first-order valence-corrected chi connectivity index (χ1v) is 16.2. The summed E-state index contributed by atoms with van der Waals surface area (Å²) >= 11 is 1.40. The number of nitrogens with zero attached hydrogens (tertiary/aromatic N) is 4. The summed E-state index contributed by atoms with van der Waals surface area (Å²) in [4.78, 5) is 67.1. The maximum atomic E-state index is 14.4. The number of aromatic carboxylic acids is 1. The number of halogens is 2. The molecule has 0 radical (unpaired) electrons. The zero-order valence-electron chi connectivity index (χ0n) is 27.6. The van der Waals surface area contributed by atoms with Crippen LogP contribution < -0.4 is 39.1 Å². The molecule has 0 spiro atoms. The van der Waals surface area contributed by atoms with E-state index in [1.165, 1.54) is 22.9 Å². The molecule has 6 N–H and O–H groups in total. The number of aromatic nitrogens is 2. The number of anilines is 1. The van der Waals surface area contributed by atoms with Gasteiger partial charge in [0.1, 0.15) is 34.7 Å². The van der Waals surface area contributed by atoms with Gasteiger partial charge in [-0.25, -0.2) is 19.0 Å². The SMILES string of the molecule is CC1(C)S[C@@H]2[C@H](NC(=O)[C@H](N)C3=CCC=CC3)C(=O)N2[C@H]1C(=O)O.CCn1cc(C(=O)O)c(=O)c2cc(F)c(N3CCNCC3)nc21.[Cl-].[H+].[NaH]. The number of fused-ring (bicyclic) bond motifs is 2. The van der Waals surface area contributed by atoms with Gasteiger partial charge in [0.25, 0.3) is 0 Å². The van der Waals surface area contributed by atoms with Crippen LogP contribution in [0, 0.1) is 5.82 Å². The molecule has 4 atom stereocenters. The summed E-state index contributed by atoms with van der Waals surface area (Å²) in [6.07, 6.45) is 8.54. The van der Waals surface area contributed by atoms with Crippen molar-refractivity contribution in [2.24, 2.45) is 5.73 Å². The van der Waals surface area contributed by atoms with Crippen LogP contribution in [0.1, 0.15) is 45.4 Å². The third-order valence-electron chi connectivity index (χ3n) is 8.66. The zero-order chi connectivity index (χ0) is 34.2. The van der Waals surface area contributed by atoms with E-state index >= 15 is 0 Å². The molecule has 49 heavy (non-hydrogen) atoms. The summed E-state index contributed by atoms with van der Waals surface area (Å²) in [5, 5.41) is 24.0. The van der Waals surface area contributed by atoms with E-state index in [4.69, 9.17) is 10.8 Å². The number of carboxylic acids is 2. The number of nitrogens with one attached hydrogen (secondary N) is 2. The Labute approximate surface area is 315 Å². The van der Waals surface area contributed by atoms with Crippen molar-refractivity contribution in [2.45, 2.75) is 68.4 Å². The van der Waals surface area contributed by atoms with Crippen LogP contribution in [0.4, 0.5) is 10.2 Å². The van der Waals surface area contributed by atoms with Gasteiger partial charge in [-0.2, -0.15) is 0 Å². The zero-order valence-corrected chi connectivity index (χ0v) is 28.2. The number of hydrogen-bond donors (Lipinski definition) is 5. The number of allylic oxidation sites excluding steroid dienone is 3. The minimum atomic E-state index is -1.33. The first kappa shape index (κ1) is 40.4. The van der Waals surface area contributed by atoms with Crippen molar-refractivity contribution in [2.75, 3.05) is 31.1 Å². The number of nitrogens with two attached hydrogens (primary N) is 1. The number of carboxylic acid groups (broad SMARTS) is 2. The van der Waals surface area contributed by atoms with Gasteiger partial charge in [0.2, 0.25) is 17.2 Å². The van der Waals surface area contributed by atoms with Crippen molar-refractivity contribution in [1.29, 1.82) is 0 Å². The molecule has 0 aromatic carbocycles. The molecule has 14 nitrogen and oxygen atoms in total. The number of pyridine rings is 2. The molecule has 5 heterocycles. The van der Waals surface area contributed by atoms with Crippen molar-refractivity contribution in [3.8, 4) is 0 Å². The van der Waals surface area contributed by atoms with Gasteiger partial charge in [0, 0.05) is 43.7 Å². The van der Waals surface area contributed by atoms with Gasteiger partial charge in [-0.05, 0) is 45.3 Å². The van der Waals surface area contributed by atoms with Gasteiger partial charge in [-0.15, -0.1) is 11.8 Å². The molecule has 3 fully saturated rings. The van der Waals surface area contributed by atoms with Gasteiger partial charge in [0.05, 0.1) is 5.39 Å². The van der Waals surface area contributed by atoms with Crippen LogP contribution in [0.15, 0.2) is 40.9 Å². The van der Waals surface area contributed by atoms with E-state index in [-0.39, 0.29) is 71.4 Å². The Hall–Kier alpha value is -2.99. The molecule has 2 amide bonds. The third kappa shape index (κ3) is 8.00. The number of piperazine rings is 1. The Balaban J connectivity index is 0.000000327. The summed E-state index contributed by atoms with van der Waals surface area (Å²) in [6, 6.07) is -1.28. The Bertz CT molecular complexity index is 1760. The number of hydrogen-bond acceptors (Lipinski definition) is 10. The van der Waals surface area contributed by atoms with Crippen LogP contribution in [-0.2, 0) is 20.9 Å². The van der Waals surface area contributed by atoms with E-state index in [0.717, 1.165) is 31.1 Å². The van der Waals surface area contributed by atoms with E-state index < -0.39 is 52.0 Å². The summed E-state index contributed by atoms with van der Waals surface area (Å²) in [6.45, 7) is 8.55. The van der Waals surface area contributed by atoms with Gasteiger partial charge in [0.15, 0.2) is 11.6 Å². The molecule has 0 saturated carbocycles. The molecule has 6 rings (SSSR count). The van der Waals surface area contributed by atoms with Gasteiger partial charge in [-0.1, -0.05) is 18.2 Å². The summed E-state index contributed by atoms with van der Waals surface area (Å²) in [7, 11) is 0. The minimum absolute atomic E-state index is 0. The topological polar surface area (TPSA) is 200 Å². The van der Waals surface area contributed by atoms with Crippen LogP contribution in [0.2, 0.25) is 0 Å². The number of amides is 2. The predicted molar refractivity (Wildman–Crippen MR) is 182 cm³/mol. The first-order chi connectivity index (χ1) is 22.3. The summed E-state index contributed by atoms with van der Waals surface area (Å²) < 4.78 is 15.4. The van der Waals surface area contributed by atoms with E-state index in [9.17, 15) is 33.5 Å². The average molecular weight is 732 g/mol. The first-order valence-electron chi connectivity index (χ1n) is 15.3. The van der Waals surface area contributed by atoms with Crippen molar-refractivity contribution < 1.29 is 47.6 Å². The van der Waals surface area contributed by atoms with E-state index in [1.807, 2.05) is 30.1 Å². The maximum absolute atomic E-state index is 14.4. The van der Waals surface area contributed by atoms with Crippen molar-refractivity contribution in [3.63, 3.8) is 0 Å². The van der Waals surface area contributed by atoms with Gasteiger partial charge < -0.3 is 53.4 Å². The number of aliphatic carboxylic acids is 1. The van der Waals surface area contributed by atoms with Crippen molar-refractivity contribution in [3.05, 3.63) is 57.7 Å². The molecule has 3 saturated heterocycles. The molecule has 262 valence electrons. The Kier molecular flexibility index (Phi) is 13.5. The standard InChI is InChI=1S/C16H21N3O4S.C15H17FN4O3.ClH.Na.H/c1-16(2)11(15(22)23)19-13(21)10(14(19)24-16)18-12(20)9(17)8-6-4-3-5-7-8;1-2-19-8-10(15(22)23)12(21)9-7-11(16)14(18-13(9)19)20-5-3-17-4-6-20;;;/h3-4,7,9-11,14H,5-6,17H2,1-2H3,(H,18,20)(H,22,23);7-8,17H,2-6H2,1H3,(H,22,23);1H;;/t9-,10-,11+,14-;;;;/m1..../s1. The fourth-order valence-corrected chi connectivity index (χ4v) is 7.82. The Morgan fingerprint density at radius 2 is 1.90 bits per heavy atom. The second-order valence-corrected chi connectivity index (χ2v) is 13.9. The van der Waals surface area contributed by atoms with Crippen LogP contribution in [0.25, 0.3) is 11.0 Å². The van der Waals surface area contributed by atoms with E-state index in [0.29, 0.717) is 31.7 Å². The fourth-order valence-electron chi connectivity index (χ4n) is 6.20. The molecule has 3 aliphatic heterocycles. The van der Waals surface area contributed by atoms with Gasteiger partial charge >= 0.3 is 42.9 Å². The number of carbonyl (C=O) groups excluding carboxylic acids is 2. The predicted octanol–water partition coefficient (Wildman–Crippen LogP) is -2.65. The Morgan fingerprint density at radius 3 is 2.47 bits per heavy atom. The van der Waals surface area contributed by atoms with Gasteiger partial charge in [-0.3, -0.25) is 14.4 Å². The van der Waals surface area contributed by atoms with Crippen LogP contribution >= 0.6 is 11.8 Å². The second kappa shape index (κ2) is 16.4. The number of rotatable bonds is 7. The van der Waals surface area contributed by atoms with Crippen LogP contribution in [-0.4, -0.2) is 132 Å². The number of aryl methyl sites for hydroxylation is 1. The molecular formula is C31H40ClFN7NaO7S. The normalized spacial score (nSPS) is 22.7. The van der Waals surface area contributed by atoms with Crippen LogP contribution in [0.3, 0.4) is 0 Å². The molecule has 2 aromatic rings. The summed E-state index contributed by atoms with van der Waals surface area (Å²) in [5.74, 6) is -3.52. The third-order valence-corrected chi connectivity index (χ3v) is 10.2. The molecule has 2 aromatic heterocycles. The number of carbonyl (C=O) groups is 4. The molecule has 18 heteroatoms. The van der Waals surface area contributed by atoms with Crippen molar-refractivity contribution >= 4 is 81.9 Å². The quantitative estimate of drug-likeness (QED) is 0.113. The number of β-lactam (4-membered cyclic amide) rings is 1. The molecule has 4 aliphatic rings. The fraction of sp³-hybridized carbons (Fsp3) is 0.484. The molecule has 0 unspecified atom stereocenters. The molecular weight excluding hydrogens is 692 g/mol. The number of thioether (sulfide) groups is 1. The van der Waals surface area contributed by atoms with E-state index in [1.54, 1.807) is 18.4 Å². The molecule has 0 bridgehead atoms. The monoisotopic (exact) mass is 731 g/mol.